The van der Waals surface area contributed by atoms with Crippen molar-refractivity contribution in [1.82, 2.24) is 4.90 Å². The van der Waals surface area contributed by atoms with Gasteiger partial charge in [0.1, 0.15) is 6.10 Å². The molecule has 0 N–H and O–H groups in total. The summed E-state index contributed by atoms with van der Waals surface area (Å²) in [5, 5.41) is 0. The third kappa shape index (κ3) is 6.15. The minimum absolute atomic E-state index is 0.0777. The van der Waals surface area contributed by atoms with Gasteiger partial charge in [0.2, 0.25) is 0 Å². The molecule has 2 aromatic rings. The molecular formula is C34H36F6N2O4. The molecule has 5 aliphatic rings. The van der Waals surface area contributed by atoms with Crippen LogP contribution in [0.15, 0.2) is 30.3 Å². The summed E-state index contributed by atoms with van der Waals surface area (Å²) in [4.78, 5) is 30.4. The number of halogens is 6. The van der Waals surface area contributed by atoms with Gasteiger partial charge in [0, 0.05) is 12.6 Å². The first-order valence-electron chi connectivity index (χ1n) is 16.1. The summed E-state index contributed by atoms with van der Waals surface area (Å²) in [7, 11) is 1.13. The monoisotopic (exact) mass is 650 g/mol. The third-order valence-corrected chi connectivity index (χ3v) is 10.2. The molecule has 0 saturated heterocycles. The highest BCUT2D eigenvalue weighted by molar-refractivity contribution is 5.91. The zero-order valence-electron chi connectivity index (χ0n) is 25.4. The average molecular weight is 651 g/mol. The third-order valence-electron chi connectivity index (χ3n) is 10.2. The van der Waals surface area contributed by atoms with Crippen LogP contribution in [0.2, 0.25) is 0 Å². The highest BCUT2D eigenvalue weighted by atomic mass is 19.4. The number of methoxy groups -OCH3 is 1. The lowest BCUT2D eigenvalue weighted by Gasteiger charge is -2.44. The van der Waals surface area contributed by atoms with Crippen molar-refractivity contribution in [3.05, 3.63) is 63.7 Å². The van der Waals surface area contributed by atoms with Crippen molar-refractivity contribution in [2.24, 2.45) is 17.8 Å². The van der Waals surface area contributed by atoms with Crippen LogP contribution >= 0.6 is 0 Å². The summed E-state index contributed by atoms with van der Waals surface area (Å²) < 4.78 is 93.6. The van der Waals surface area contributed by atoms with Gasteiger partial charge in [-0.1, -0.05) is 6.07 Å². The van der Waals surface area contributed by atoms with Gasteiger partial charge in [-0.3, -0.25) is 9.80 Å². The Labute approximate surface area is 263 Å². The first-order valence-corrected chi connectivity index (χ1v) is 16.1. The van der Waals surface area contributed by atoms with Crippen LogP contribution in [0.4, 0.5) is 41.6 Å². The average Bonchev–Trinajstić information content (AvgIpc) is 3.86. The van der Waals surface area contributed by atoms with Gasteiger partial charge in [-0.2, -0.15) is 26.3 Å². The molecular weight excluding hydrogens is 614 g/mol. The Balaban J connectivity index is 1.29. The van der Waals surface area contributed by atoms with Gasteiger partial charge in [-0.05, 0) is 128 Å². The lowest BCUT2D eigenvalue weighted by atomic mass is 9.86. The molecule has 1 heterocycles. The maximum absolute atomic E-state index is 14.1. The van der Waals surface area contributed by atoms with Crippen LogP contribution in [0, 0.1) is 17.8 Å². The van der Waals surface area contributed by atoms with Crippen molar-refractivity contribution in [3.8, 4) is 0 Å². The largest absolute Gasteiger partial charge is 0.453 e. The van der Waals surface area contributed by atoms with Crippen LogP contribution in [0.1, 0.15) is 90.8 Å². The molecule has 2 atom stereocenters. The number of anilines is 1. The van der Waals surface area contributed by atoms with E-state index in [9.17, 15) is 35.9 Å². The van der Waals surface area contributed by atoms with Crippen LogP contribution in [0.25, 0.3) is 0 Å². The molecule has 4 aliphatic carbocycles. The minimum atomic E-state index is -5.03. The first kappa shape index (κ1) is 31.2. The van der Waals surface area contributed by atoms with E-state index >= 15 is 0 Å². The Morgan fingerprint density at radius 1 is 0.870 bits per heavy atom. The highest BCUT2D eigenvalue weighted by Crippen LogP contribution is 2.52. The molecule has 2 aromatic carbocycles. The number of alkyl halides is 6. The summed E-state index contributed by atoms with van der Waals surface area (Å²) in [6.45, 7) is -0.547. The van der Waals surface area contributed by atoms with E-state index in [1.807, 2.05) is 12.1 Å². The topological polar surface area (TPSA) is 59.1 Å². The number of benzene rings is 2. The molecule has 248 valence electrons. The fraction of sp³-hybridized carbons (Fsp3) is 0.588. The molecule has 3 fully saturated rings. The number of amides is 2. The molecule has 0 bridgehead atoms. The Hall–Kier alpha value is -3.44. The second kappa shape index (κ2) is 11.4. The van der Waals surface area contributed by atoms with Crippen molar-refractivity contribution >= 4 is 17.9 Å². The number of rotatable bonds is 7. The van der Waals surface area contributed by atoms with Crippen LogP contribution < -0.4 is 4.90 Å². The van der Waals surface area contributed by atoms with Crippen molar-refractivity contribution in [3.63, 3.8) is 0 Å². The molecule has 6 nitrogen and oxygen atoms in total. The Morgan fingerprint density at radius 2 is 1.46 bits per heavy atom. The molecule has 7 rings (SSSR count). The molecule has 1 aliphatic heterocycles. The van der Waals surface area contributed by atoms with Gasteiger partial charge in [0.05, 0.1) is 30.0 Å². The number of carbonyl (C=O) groups excluding carboxylic acids is 2. The van der Waals surface area contributed by atoms with Crippen LogP contribution in [0.3, 0.4) is 0 Å². The Bertz CT molecular complexity index is 1480. The summed E-state index contributed by atoms with van der Waals surface area (Å²) in [6, 6.07) is 4.19. The summed E-state index contributed by atoms with van der Waals surface area (Å²) in [6.07, 6.45) is -2.85. The van der Waals surface area contributed by atoms with Gasteiger partial charge in [-0.25, -0.2) is 9.59 Å². The van der Waals surface area contributed by atoms with Gasteiger partial charge >= 0.3 is 24.5 Å². The number of ether oxygens (including phenoxy) is 2. The van der Waals surface area contributed by atoms with Crippen molar-refractivity contribution in [2.75, 3.05) is 12.0 Å². The zero-order valence-corrected chi connectivity index (χ0v) is 25.4. The number of nitrogens with zero attached hydrogens (tertiary/aromatic N) is 2. The van der Waals surface area contributed by atoms with E-state index in [4.69, 9.17) is 9.47 Å². The predicted octanol–water partition coefficient (Wildman–Crippen LogP) is 8.84. The smallest absolute Gasteiger partial charge is 0.416 e. The van der Waals surface area contributed by atoms with Crippen molar-refractivity contribution < 1.29 is 45.4 Å². The molecule has 0 unspecified atom stereocenters. The van der Waals surface area contributed by atoms with Gasteiger partial charge in [-0.15, -0.1) is 0 Å². The Kier molecular flexibility index (Phi) is 7.70. The summed E-state index contributed by atoms with van der Waals surface area (Å²) >= 11 is 0. The van der Waals surface area contributed by atoms with E-state index in [1.165, 1.54) is 4.90 Å². The molecule has 46 heavy (non-hydrogen) atoms. The normalized spacial score (nSPS) is 22.8. The first-order chi connectivity index (χ1) is 21.8. The summed E-state index contributed by atoms with van der Waals surface area (Å²) in [5.74, 6) is 0.870. The van der Waals surface area contributed by atoms with E-state index < -0.39 is 48.3 Å². The highest BCUT2D eigenvalue weighted by Gasteiger charge is 2.50. The van der Waals surface area contributed by atoms with Crippen LogP contribution in [0.5, 0.6) is 0 Å². The molecule has 0 aromatic heterocycles. The van der Waals surface area contributed by atoms with E-state index in [2.05, 4.69) is 0 Å². The van der Waals surface area contributed by atoms with Gasteiger partial charge in [0.25, 0.3) is 0 Å². The lowest BCUT2D eigenvalue weighted by Crippen LogP contribution is -2.50. The van der Waals surface area contributed by atoms with Crippen molar-refractivity contribution in [1.29, 1.82) is 0 Å². The molecule has 0 spiro atoms. The van der Waals surface area contributed by atoms with E-state index in [0.717, 1.165) is 76.0 Å². The summed E-state index contributed by atoms with van der Waals surface area (Å²) in [5.41, 5.74) is 0.139. The quantitative estimate of drug-likeness (QED) is 0.281. The SMILES string of the molecule is COC(=O)N(Cc1cc(C(F)(F)F)cc(C(F)(F)F)c1)[C@@H]1C[C@H](C2CC2)N(C(=O)OC(C2CC2)C2CC2)c2cc3c(cc21)CCC3. The maximum atomic E-state index is 14.1. The number of hydrogen-bond donors (Lipinski definition) is 0. The van der Waals surface area contributed by atoms with E-state index in [-0.39, 0.29) is 36.1 Å². The Morgan fingerprint density at radius 3 is 1.98 bits per heavy atom. The fourth-order valence-corrected chi connectivity index (χ4v) is 7.49. The van der Waals surface area contributed by atoms with Gasteiger partial charge in [0.15, 0.2) is 0 Å². The maximum Gasteiger partial charge on any atom is 0.416 e. The van der Waals surface area contributed by atoms with Crippen LogP contribution in [-0.4, -0.2) is 36.3 Å². The van der Waals surface area contributed by atoms with Gasteiger partial charge < -0.3 is 9.47 Å². The van der Waals surface area contributed by atoms with E-state index in [1.54, 1.807) is 4.90 Å². The lowest BCUT2D eigenvalue weighted by molar-refractivity contribution is -0.143. The van der Waals surface area contributed by atoms with E-state index in [0.29, 0.717) is 35.2 Å². The predicted molar refractivity (Wildman–Crippen MR) is 155 cm³/mol. The minimum Gasteiger partial charge on any atom is -0.453 e. The molecule has 0 radical (unpaired) electrons. The zero-order chi connectivity index (χ0) is 32.5. The van der Waals surface area contributed by atoms with Crippen LogP contribution in [-0.2, 0) is 41.2 Å². The molecule has 12 heteroatoms. The number of carbonyl (C=O) groups is 2. The molecule has 3 saturated carbocycles. The number of fused-ring (bicyclic) bond motifs is 2. The van der Waals surface area contributed by atoms with Crippen molar-refractivity contribution in [2.45, 2.75) is 101 Å². The molecule has 2 amide bonds. The fourth-order valence-electron chi connectivity index (χ4n) is 7.49. The second-order valence-corrected chi connectivity index (χ2v) is 13.6. The number of hydrogen-bond acceptors (Lipinski definition) is 4. The standard InChI is InChI=1S/C34H36F6N2O4/c1-45-31(43)41(17-18-11-24(33(35,36)37)15-25(12-18)34(38,39)40)28-16-27(19-5-6-19)42(29-14-23-4-2-3-22(23)13-26(28)29)32(44)46-30(20-7-8-20)21-9-10-21/h11-15,19-21,27-28,30H,2-10,16-17H2,1H3/t27-,28-/m1/s1. The second-order valence-electron chi connectivity index (χ2n) is 13.6. The number of aryl methyl sites for hydroxylation is 2.